The second-order valence-electron chi connectivity index (χ2n) is 4.93. The summed E-state index contributed by atoms with van der Waals surface area (Å²) in [5, 5.41) is 6.50. The van der Waals surface area contributed by atoms with Crippen LogP contribution < -0.4 is 5.32 Å². The highest BCUT2D eigenvalue weighted by Crippen LogP contribution is 2.25. The van der Waals surface area contributed by atoms with E-state index in [9.17, 15) is 0 Å². The van der Waals surface area contributed by atoms with Crippen LogP contribution >= 0.6 is 34.8 Å². The van der Waals surface area contributed by atoms with Gasteiger partial charge in [0, 0.05) is 38.9 Å². The van der Waals surface area contributed by atoms with Gasteiger partial charge in [0.05, 0.1) is 5.52 Å². The molecule has 0 aliphatic carbocycles. The minimum absolute atomic E-state index is 0.652. The van der Waals surface area contributed by atoms with Gasteiger partial charge < -0.3 is 5.32 Å². The maximum Gasteiger partial charge on any atom is 0.0737 e. The molecule has 0 atom stereocenters. The maximum absolute atomic E-state index is 6.19. The quantitative estimate of drug-likeness (QED) is 0.637. The predicted molar refractivity (Wildman–Crippen MR) is 95.4 cm³/mol. The van der Waals surface area contributed by atoms with E-state index in [2.05, 4.69) is 10.3 Å². The Hall–Kier alpha value is -1.48. The Morgan fingerprint density at radius 1 is 0.909 bits per heavy atom. The van der Waals surface area contributed by atoms with E-state index in [1.807, 2.05) is 36.4 Å². The Balaban J connectivity index is 1.74. The van der Waals surface area contributed by atoms with Crippen molar-refractivity contribution in [3.05, 3.63) is 69.3 Å². The summed E-state index contributed by atoms with van der Waals surface area (Å²) in [6.07, 6.45) is 2.59. The number of nitrogens with one attached hydrogen (secondary N) is 1. The van der Waals surface area contributed by atoms with E-state index in [1.54, 1.807) is 12.3 Å². The number of hydrogen-bond donors (Lipinski definition) is 1. The van der Waals surface area contributed by atoms with Crippen LogP contribution in [0.3, 0.4) is 0 Å². The maximum atomic E-state index is 6.19. The summed E-state index contributed by atoms with van der Waals surface area (Å²) >= 11 is 18.1. The number of fused-ring (bicyclic) bond motifs is 1. The summed E-state index contributed by atoms with van der Waals surface area (Å²) in [4.78, 5) is 4.33. The van der Waals surface area contributed by atoms with Gasteiger partial charge in [-0.1, -0.05) is 40.9 Å². The zero-order chi connectivity index (χ0) is 15.5. The van der Waals surface area contributed by atoms with Gasteiger partial charge in [-0.25, -0.2) is 0 Å². The van der Waals surface area contributed by atoms with Gasteiger partial charge in [0.1, 0.15) is 0 Å². The molecule has 1 heterocycles. The van der Waals surface area contributed by atoms with Crippen LogP contribution in [0.25, 0.3) is 10.9 Å². The van der Waals surface area contributed by atoms with Gasteiger partial charge in [-0.3, -0.25) is 4.98 Å². The minimum Gasteiger partial charge on any atom is -0.384 e. The van der Waals surface area contributed by atoms with Crippen LogP contribution in [0, 0.1) is 0 Å². The lowest BCUT2D eigenvalue weighted by atomic mass is 10.1. The third-order valence-electron chi connectivity index (χ3n) is 3.43. The average molecular weight is 352 g/mol. The summed E-state index contributed by atoms with van der Waals surface area (Å²) in [5.74, 6) is 0. The lowest BCUT2D eigenvalue weighted by Gasteiger charge is -2.10. The van der Waals surface area contributed by atoms with Crippen molar-refractivity contribution in [2.45, 2.75) is 6.42 Å². The van der Waals surface area contributed by atoms with Crippen molar-refractivity contribution >= 4 is 51.4 Å². The number of benzene rings is 2. The molecule has 0 radical (unpaired) electrons. The third kappa shape index (κ3) is 3.46. The molecule has 22 heavy (non-hydrogen) atoms. The average Bonchev–Trinajstić information content (AvgIpc) is 2.49. The summed E-state index contributed by atoms with van der Waals surface area (Å²) in [5.41, 5.74) is 2.98. The number of aromatic nitrogens is 1. The zero-order valence-electron chi connectivity index (χ0n) is 11.6. The van der Waals surface area contributed by atoms with E-state index < -0.39 is 0 Å². The molecule has 0 saturated heterocycles. The predicted octanol–water partition coefficient (Wildman–Crippen LogP) is 5.85. The van der Waals surface area contributed by atoms with Crippen molar-refractivity contribution in [3.63, 3.8) is 0 Å². The van der Waals surface area contributed by atoms with Crippen LogP contribution in [0.4, 0.5) is 5.69 Å². The highest BCUT2D eigenvalue weighted by Gasteiger charge is 2.04. The Labute approximate surface area is 144 Å². The largest absolute Gasteiger partial charge is 0.384 e. The molecule has 2 aromatic carbocycles. The number of halogens is 3. The molecule has 1 N–H and O–H groups in total. The summed E-state index contributed by atoms with van der Waals surface area (Å²) in [6.45, 7) is 0.767. The molecule has 0 aliphatic heterocycles. The molecule has 0 saturated carbocycles. The molecule has 2 nitrogen and oxygen atoms in total. The number of nitrogens with zero attached hydrogens (tertiary/aromatic N) is 1. The first kappa shape index (κ1) is 15.4. The normalized spacial score (nSPS) is 10.9. The number of hydrogen-bond acceptors (Lipinski definition) is 2. The summed E-state index contributed by atoms with van der Waals surface area (Å²) in [7, 11) is 0. The van der Waals surface area contributed by atoms with Gasteiger partial charge in [-0.05, 0) is 48.4 Å². The monoisotopic (exact) mass is 350 g/mol. The van der Waals surface area contributed by atoms with Crippen LogP contribution in [0.15, 0.2) is 48.7 Å². The zero-order valence-corrected chi connectivity index (χ0v) is 13.9. The minimum atomic E-state index is 0.652. The number of anilines is 1. The Morgan fingerprint density at radius 2 is 1.68 bits per heavy atom. The smallest absolute Gasteiger partial charge is 0.0737 e. The van der Waals surface area contributed by atoms with Crippen molar-refractivity contribution in [1.82, 2.24) is 4.98 Å². The standard InChI is InChI=1S/C17H13Cl3N2/c18-12-2-1-11(15(20)9-12)5-7-21-16-6-8-22-17-10-13(19)3-4-14(16)17/h1-4,6,8-10H,5,7H2,(H,21,22). The molecular formula is C17H13Cl3N2. The van der Waals surface area contributed by atoms with Crippen LogP contribution in [0.5, 0.6) is 0 Å². The van der Waals surface area contributed by atoms with Crippen molar-refractivity contribution in [2.24, 2.45) is 0 Å². The van der Waals surface area contributed by atoms with Gasteiger partial charge in [-0.15, -0.1) is 0 Å². The van der Waals surface area contributed by atoms with Crippen LogP contribution in [0.1, 0.15) is 5.56 Å². The van der Waals surface area contributed by atoms with Crippen molar-refractivity contribution in [3.8, 4) is 0 Å². The summed E-state index contributed by atoms with van der Waals surface area (Å²) in [6, 6.07) is 13.2. The van der Waals surface area contributed by atoms with Gasteiger partial charge in [-0.2, -0.15) is 0 Å². The van der Waals surface area contributed by atoms with Gasteiger partial charge in [0.2, 0.25) is 0 Å². The molecule has 0 bridgehead atoms. The number of pyridine rings is 1. The molecule has 0 fully saturated rings. The third-order valence-corrected chi connectivity index (χ3v) is 4.25. The first-order valence-corrected chi connectivity index (χ1v) is 7.99. The van der Waals surface area contributed by atoms with E-state index in [0.717, 1.165) is 35.1 Å². The van der Waals surface area contributed by atoms with E-state index in [1.165, 1.54) is 0 Å². The molecule has 3 aromatic rings. The first-order chi connectivity index (χ1) is 10.6. The molecule has 112 valence electrons. The molecule has 0 unspecified atom stereocenters. The Kier molecular flexibility index (Phi) is 4.72. The van der Waals surface area contributed by atoms with Gasteiger partial charge in [0.25, 0.3) is 0 Å². The first-order valence-electron chi connectivity index (χ1n) is 6.85. The molecule has 0 amide bonds. The second kappa shape index (κ2) is 6.74. The Morgan fingerprint density at radius 3 is 2.50 bits per heavy atom. The molecule has 5 heteroatoms. The number of rotatable bonds is 4. The fraction of sp³-hybridized carbons (Fsp3) is 0.118. The SMILES string of the molecule is Clc1ccc(CCNc2ccnc3cc(Cl)ccc23)c(Cl)c1. The summed E-state index contributed by atoms with van der Waals surface area (Å²) < 4.78 is 0. The van der Waals surface area contributed by atoms with Gasteiger partial charge >= 0.3 is 0 Å². The van der Waals surface area contributed by atoms with E-state index in [0.29, 0.717) is 15.1 Å². The molecule has 1 aromatic heterocycles. The van der Waals surface area contributed by atoms with Gasteiger partial charge in [0.15, 0.2) is 0 Å². The lowest BCUT2D eigenvalue weighted by molar-refractivity contribution is 1.02. The van der Waals surface area contributed by atoms with Crippen molar-refractivity contribution in [2.75, 3.05) is 11.9 Å². The van der Waals surface area contributed by atoms with Crippen LogP contribution in [0.2, 0.25) is 15.1 Å². The van der Waals surface area contributed by atoms with Crippen LogP contribution in [-0.2, 0) is 6.42 Å². The van der Waals surface area contributed by atoms with E-state index >= 15 is 0 Å². The second-order valence-corrected chi connectivity index (χ2v) is 6.21. The topological polar surface area (TPSA) is 24.9 Å². The van der Waals surface area contributed by atoms with Crippen molar-refractivity contribution < 1.29 is 0 Å². The lowest BCUT2D eigenvalue weighted by Crippen LogP contribution is -2.05. The molecule has 3 rings (SSSR count). The highest BCUT2D eigenvalue weighted by atomic mass is 35.5. The molecular weight excluding hydrogens is 339 g/mol. The van der Waals surface area contributed by atoms with Crippen LogP contribution in [-0.4, -0.2) is 11.5 Å². The Bertz CT molecular complexity index is 818. The van der Waals surface area contributed by atoms with E-state index in [4.69, 9.17) is 34.8 Å². The fourth-order valence-electron chi connectivity index (χ4n) is 2.33. The van der Waals surface area contributed by atoms with Crippen molar-refractivity contribution in [1.29, 1.82) is 0 Å². The fourth-order valence-corrected chi connectivity index (χ4v) is 3.00. The highest BCUT2D eigenvalue weighted by molar-refractivity contribution is 6.35. The van der Waals surface area contributed by atoms with E-state index in [-0.39, 0.29) is 0 Å². The molecule has 0 aliphatic rings. The molecule has 0 spiro atoms.